The molecule has 3 atom stereocenters. The fourth-order valence-corrected chi connectivity index (χ4v) is 2.90. The van der Waals surface area contributed by atoms with Crippen LogP contribution in [-0.4, -0.2) is 28.2 Å². The normalized spacial score (nSPS) is 35.4. The van der Waals surface area contributed by atoms with E-state index < -0.39 is 6.09 Å². The van der Waals surface area contributed by atoms with Crippen molar-refractivity contribution in [3.8, 4) is 6.07 Å². The first-order valence-electron chi connectivity index (χ1n) is 5.10. The summed E-state index contributed by atoms with van der Waals surface area (Å²) in [6.07, 6.45) is 3.54. The number of carboxylic acid groups (broad SMARTS) is 1. The number of nitriles is 1. The highest BCUT2D eigenvalue weighted by Gasteiger charge is 2.42. The van der Waals surface area contributed by atoms with Crippen molar-refractivity contribution in [2.45, 2.75) is 44.2 Å². The Labute approximate surface area is 83.1 Å². The quantitative estimate of drug-likeness (QED) is 0.692. The van der Waals surface area contributed by atoms with Gasteiger partial charge in [-0.25, -0.2) is 4.79 Å². The van der Waals surface area contributed by atoms with Gasteiger partial charge in [-0.05, 0) is 31.6 Å². The molecule has 1 amide bonds. The second-order valence-electron chi connectivity index (χ2n) is 4.27. The van der Waals surface area contributed by atoms with E-state index in [2.05, 4.69) is 6.07 Å². The number of fused-ring (bicyclic) bond motifs is 2. The number of rotatable bonds is 1. The molecule has 0 aromatic heterocycles. The number of hydrogen-bond donors (Lipinski definition) is 1. The molecule has 4 heteroatoms. The van der Waals surface area contributed by atoms with E-state index in [0.717, 1.165) is 25.7 Å². The average molecular weight is 194 g/mol. The molecule has 2 fully saturated rings. The van der Waals surface area contributed by atoms with Crippen molar-refractivity contribution >= 4 is 6.09 Å². The Morgan fingerprint density at radius 3 is 2.43 bits per heavy atom. The highest BCUT2D eigenvalue weighted by Crippen LogP contribution is 2.39. The lowest BCUT2D eigenvalue weighted by atomic mass is 9.89. The summed E-state index contributed by atoms with van der Waals surface area (Å²) in [5, 5.41) is 17.6. The Balaban J connectivity index is 2.05. The molecule has 76 valence electrons. The third-order valence-electron chi connectivity index (χ3n) is 3.43. The van der Waals surface area contributed by atoms with Gasteiger partial charge in [-0.2, -0.15) is 5.26 Å². The highest BCUT2D eigenvalue weighted by atomic mass is 16.4. The van der Waals surface area contributed by atoms with Gasteiger partial charge in [0, 0.05) is 18.5 Å². The summed E-state index contributed by atoms with van der Waals surface area (Å²) in [7, 11) is 0. The Morgan fingerprint density at radius 2 is 2.00 bits per heavy atom. The molecule has 14 heavy (non-hydrogen) atoms. The molecule has 0 radical (unpaired) electrons. The molecule has 1 unspecified atom stereocenters. The molecule has 2 aliphatic heterocycles. The van der Waals surface area contributed by atoms with Crippen molar-refractivity contribution in [2.24, 2.45) is 5.92 Å². The van der Waals surface area contributed by atoms with Crippen molar-refractivity contribution in [1.29, 1.82) is 5.26 Å². The van der Waals surface area contributed by atoms with Gasteiger partial charge >= 0.3 is 6.09 Å². The van der Waals surface area contributed by atoms with E-state index in [0.29, 0.717) is 12.3 Å². The van der Waals surface area contributed by atoms with Crippen molar-refractivity contribution < 1.29 is 9.90 Å². The number of nitrogens with zero attached hydrogens (tertiary/aromatic N) is 2. The Hall–Kier alpha value is -1.24. The number of hydrogen-bond acceptors (Lipinski definition) is 2. The van der Waals surface area contributed by atoms with Crippen LogP contribution in [0.3, 0.4) is 0 Å². The molecule has 0 saturated carbocycles. The van der Waals surface area contributed by atoms with Crippen molar-refractivity contribution in [2.75, 3.05) is 0 Å². The predicted octanol–water partition coefficient (Wildman–Crippen LogP) is 1.82. The Kier molecular flexibility index (Phi) is 2.32. The molecule has 0 aromatic rings. The minimum Gasteiger partial charge on any atom is -0.465 e. The lowest BCUT2D eigenvalue weighted by molar-refractivity contribution is 0.0858. The molecule has 0 aromatic carbocycles. The van der Waals surface area contributed by atoms with Gasteiger partial charge in [-0.1, -0.05) is 0 Å². The van der Waals surface area contributed by atoms with E-state index in [1.54, 1.807) is 4.90 Å². The van der Waals surface area contributed by atoms with Crippen LogP contribution in [0.15, 0.2) is 0 Å². The van der Waals surface area contributed by atoms with Gasteiger partial charge < -0.3 is 10.0 Å². The van der Waals surface area contributed by atoms with Crippen LogP contribution in [-0.2, 0) is 0 Å². The lowest BCUT2D eigenvalue weighted by Gasteiger charge is -2.36. The smallest absolute Gasteiger partial charge is 0.407 e. The zero-order chi connectivity index (χ0) is 10.1. The summed E-state index contributed by atoms with van der Waals surface area (Å²) >= 11 is 0. The maximum Gasteiger partial charge on any atom is 0.407 e. The minimum atomic E-state index is -0.784. The van der Waals surface area contributed by atoms with Gasteiger partial charge in [0.15, 0.2) is 0 Å². The maximum atomic E-state index is 10.9. The summed E-state index contributed by atoms with van der Waals surface area (Å²) in [5.74, 6) is 0.424. The lowest BCUT2D eigenvalue weighted by Crippen LogP contribution is -2.45. The topological polar surface area (TPSA) is 64.3 Å². The van der Waals surface area contributed by atoms with Gasteiger partial charge in [0.25, 0.3) is 0 Å². The van der Waals surface area contributed by atoms with E-state index in [1.165, 1.54) is 0 Å². The predicted molar refractivity (Wildman–Crippen MR) is 49.6 cm³/mol. The van der Waals surface area contributed by atoms with E-state index in [4.69, 9.17) is 10.4 Å². The maximum absolute atomic E-state index is 10.9. The zero-order valence-corrected chi connectivity index (χ0v) is 8.02. The Morgan fingerprint density at radius 1 is 1.43 bits per heavy atom. The van der Waals surface area contributed by atoms with Gasteiger partial charge in [0.05, 0.1) is 6.07 Å². The van der Waals surface area contributed by atoms with Crippen LogP contribution in [0.2, 0.25) is 0 Å². The fraction of sp³-hybridized carbons (Fsp3) is 0.800. The molecule has 2 rings (SSSR count). The van der Waals surface area contributed by atoms with Crippen LogP contribution in [0.25, 0.3) is 0 Å². The molecular weight excluding hydrogens is 180 g/mol. The van der Waals surface area contributed by atoms with Gasteiger partial charge in [-0.3, -0.25) is 0 Å². The molecule has 0 aliphatic carbocycles. The number of piperidine rings is 1. The monoisotopic (exact) mass is 194 g/mol. The molecule has 4 nitrogen and oxygen atoms in total. The summed E-state index contributed by atoms with van der Waals surface area (Å²) in [6, 6.07) is 2.55. The van der Waals surface area contributed by atoms with E-state index >= 15 is 0 Å². The first-order chi connectivity index (χ1) is 6.72. The van der Waals surface area contributed by atoms with Crippen molar-refractivity contribution in [1.82, 2.24) is 4.90 Å². The second kappa shape index (κ2) is 3.49. The Bertz CT molecular complexity index is 270. The zero-order valence-electron chi connectivity index (χ0n) is 8.02. The highest BCUT2D eigenvalue weighted by molar-refractivity contribution is 5.66. The molecule has 2 saturated heterocycles. The average Bonchev–Trinajstić information content (AvgIpc) is 2.39. The summed E-state index contributed by atoms with van der Waals surface area (Å²) < 4.78 is 0. The second-order valence-corrected chi connectivity index (χ2v) is 4.27. The summed E-state index contributed by atoms with van der Waals surface area (Å²) in [6.45, 7) is 0. The molecule has 0 spiro atoms. The van der Waals surface area contributed by atoms with Crippen molar-refractivity contribution in [3.05, 3.63) is 0 Å². The molecule has 2 aliphatic rings. The van der Waals surface area contributed by atoms with Crippen LogP contribution in [0.4, 0.5) is 4.79 Å². The molecule has 2 bridgehead atoms. The summed E-state index contributed by atoms with van der Waals surface area (Å²) in [5.41, 5.74) is 0. The van der Waals surface area contributed by atoms with Gasteiger partial charge in [0.1, 0.15) is 0 Å². The summed E-state index contributed by atoms with van der Waals surface area (Å²) in [4.78, 5) is 12.5. The van der Waals surface area contributed by atoms with Gasteiger partial charge in [-0.15, -0.1) is 0 Å². The van der Waals surface area contributed by atoms with Crippen molar-refractivity contribution in [3.63, 3.8) is 0 Å². The third kappa shape index (κ3) is 1.43. The van der Waals surface area contributed by atoms with Crippen LogP contribution >= 0.6 is 0 Å². The fourth-order valence-electron chi connectivity index (χ4n) is 2.90. The number of amides is 1. The molecule has 2 heterocycles. The molecule has 1 N–H and O–H groups in total. The standard InChI is InChI=1S/C10H14N2O2/c11-4-3-7-5-8-1-2-9(6-7)12(8)10(13)14/h7-9H,1-3,5-6H2,(H,13,14)/t7?,8-,9+. The van der Waals surface area contributed by atoms with E-state index in [-0.39, 0.29) is 12.1 Å². The molecular formula is C10H14N2O2. The first-order valence-corrected chi connectivity index (χ1v) is 5.10. The minimum absolute atomic E-state index is 0.185. The third-order valence-corrected chi connectivity index (χ3v) is 3.43. The van der Waals surface area contributed by atoms with Crippen LogP contribution in [0.1, 0.15) is 32.1 Å². The van der Waals surface area contributed by atoms with E-state index in [1.807, 2.05) is 0 Å². The number of carbonyl (C=O) groups is 1. The first kappa shape index (κ1) is 9.32. The van der Waals surface area contributed by atoms with E-state index in [9.17, 15) is 4.79 Å². The van der Waals surface area contributed by atoms with Crippen LogP contribution in [0.5, 0.6) is 0 Å². The van der Waals surface area contributed by atoms with Crippen LogP contribution < -0.4 is 0 Å². The van der Waals surface area contributed by atoms with Gasteiger partial charge in [0.2, 0.25) is 0 Å². The van der Waals surface area contributed by atoms with Crippen LogP contribution in [0, 0.1) is 17.2 Å². The SMILES string of the molecule is N#CCC1C[C@H]2CC[C@@H](C1)N2C(=O)O. The largest absolute Gasteiger partial charge is 0.465 e.